The largest absolute Gasteiger partial charge is 0.330 e. The molecular formula is C16H25N3O2. The Balaban J connectivity index is 1.92. The smallest absolute Gasteiger partial charge is 0.269 e. The van der Waals surface area contributed by atoms with E-state index in [9.17, 15) is 10.1 Å². The molecular weight excluding hydrogens is 266 g/mol. The van der Waals surface area contributed by atoms with Gasteiger partial charge in [-0.05, 0) is 43.8 Å². The number of nitrogens with zero attached hydrogens (tertiary/aromatic N) is 2. The highest BCUT2D eigenvalue weighted by molar-refractivity contribution is 5.32. The number of non-ortho nitro benzene ring substituents is 1. The van der Waals surface area contributed by atoms with Crippen molar-refractivity contribution in [1.29, 1.82) is 0 Å². The Bertz CT molecular complexity index is 461. The molecule has 5 heteroatoms. The van der Waals surface area contributed by atoms with Crippen molar-refractivity contribution in [3.63, 3.8) is 0 Å². The molecule has 2 atom stereocenters. The summed E-state index contributed by atoms with van der Waals surface area (Å²) in [7, 11) is 0. The van der Waals surface area contributed by atoms with Gasteiger partial charge in [0, 0.05) is 24.7 Å². The minimum absolute atomic E-state index is 0.157. The van der Waals surface area contributed by atoms with Gasteiger partial charge < -0.3 is 10.6 Å². The van der Waals surface area contributed by atoms with E-state index >= 15 is 0 Å². The molecule has 1 aliphatic carbocycles. The van der Waals surface area contributed by atoms with Crippen LogP contribution < -0.4 is 5.73 Å². The number of nitro groups is 1. The highest BCUT2D eigenvalue weighted by Gasteiger charge is 2.30. The van der Waals surface area contributed by atoms with Crippen molar-refractivity contribution >= 4 is 5.69 Å². The number of hydrogen-bond acceptors (Lipinski definition) is 4. The lowest BCUT2D eigenvalue weighted by molar-refractivity contribution is -0.384. The highest BCUT2D eigenvalue weighted by atomic mass is 16.6. The second kappa shape index (κ2) is 7.52. The predicted octanol–water partition coefficient (Wildman–Crippen LogP) is 2.59. The van der Waals surface area contributed by atoms with Crippen molar-refractivity contribution in [3.05, 3.63) is 39.9 Å². The molecule has 0 bridgehead atoms. The van der Waals surface area contributed by atoms with Crippen molar-refractivity contribution in [2.24, 2.45) is 11.7 Å². The van der Waals surface area contributed by atoms with Crippen molar-refractivity contribution in [2.45, 2.75) is 38.6 Å². The molecule has 1 saturated carbocycles. The molecule has 0 aromatic heterocycles. The number of likely N-dealkylation sites (N-methyl/N-ethyl adjacent to an activating group) is 1. The summed E-state index contributed by atoms with van der Waals surface area (Å²) in [6, 6.07) is 7.51. The van der Waals surface area contributed by atoms with Gasteiger partial charge in [-0.15, -0.1) is 0 Å². The lowest BCUT2D eigenvalue weighted by Crippen LogP contribution is -2.41. The molecule has 2 rings (SSSR count). The first-order valence-corrected chi connectivity index (χ1v) is 7.83. The van der Waals surface area contributed by atoms with Crippen LogP contribution in [-0.4, -0.2) is 35.5 Å². The normalized spacial score (nSPS) is 21.9. The third-order valence-corrected chi connectivity index (χ3v) is 4.63. The summed E-state index contributed by atoms with van der Waals surface area (Å²) in [5.41, 5.74) is 7.19. The van der Waals surface area contributed by atoms with Crippen LogP contribution in [0.4, 0.5) is 5.69 Å². The average Bonchev–Trinajstić information content (AvgIpc) is 2.97. The van der Waals surface area contributed by atoms with E-state index in [0.29, 0.717) is 12.0 Å². The molecule has 2 unspecified atom stereocenters. The van der Waals surface area contributed by atoms with E-state index < -0.39 is 0 Å². The molecule has 2 N–H and O–H groups in total. The van der Waals surface area contributed by atoms with E-state index in [2.05, 4.69) is 11.8 Å². The zero-order chi connectivity index (χ0) is 15.2. The summed E-state index contributed by atoms with van der Waals surface area (Å²) < 4.78 is 0. The first-order chi connectivity index (χ1) is 10.2. The third-order valence-electron chi connectivity index (χ3n) is 4.63. The second-order valence-electron chi connectivity index (χ2n) is 5.80. The maximum atomic E-state index is 10.7. The molecule has 1 fully saturated rings. The molecule has 1 aliphatic rings. The van der Waals surface area contributed by atoms with Crippen LogP contribution in [0.5, 0.6) is 0 Å². The lowest BCUT2D eigenvalue weighted by atomic mass is 10.0. The van der Waals surface area contributed by atoms with E-state index in [4.69, 9.17) is 5.73 Å². The summed E-state index contributed by atoms with van der Waals surface area (Å²) in [6.45, 7) is 5.00. The predicted molar refractivity (Wildman–Crippen MR) is 84.2 cm³/mol. The Kier molecular flexibility index (Phi) is 5.70. The van der Waals surface area contributed by atoms with E-state index in [1.165, 1.54) is 19.3 Å². The summed E-state index contributed by atoms with van der Waals surface area (Å²) >= 11 is 0. The molecule has 0 radical (unpaired) electrons. The topological polar surface area (TPSA) is 72.4 Å². The first kappa shape index (κ1) is 15.9. The van der Waals surface area contributed by atoms with E-state index in [1.807, 2.05) is 12.1 Å². The minimum atomic E-state index is -0.355. The molecule has 0 amide bonds. The van der Waals surface area contributed by atoms with Gasteiger partial charge in [0.15, 0.2) is 0 Å². The van der Waals surface area contributed by atoms with Crippen LogP contribution in [0.2, 0.25) is 0 Å². The number of nitro benzene ring substituents is 1. The Morgan fingerprint density at radius 1 is 1.33 bits per heavy atom. The van der Waals surface area contributed by atoms with Crippen LogP contribution in [0.25, 0.3) is 0 Å². The van der Waals surface area contributed by atoms with E-state index in [0.717, 1.165) is 31.6 Å². The highest BCUT2D eigenvalue weighted by Crippen LogP contribution is 2.29. The number of nitrogens with two attached hydrogens (primary N) is 1. The van der Waals surface area contributed by atoms with Crippen molar-refractivity contribution in [1.82, 2.24) is 4.90 Å². The van der Waals surface area contributed by atoms with Gasteiger partial charge in [0.25, 0.3) is 5.69 Å². The van der Waals surface area contributed by atoms with E-state index in [1.54, 1.807) is 12.1 Å². The Morgan fingerprint density at radius 3 is 2.62 bits per heavy atom. The van der Waals surface area contributed by atoms with Crippen LogP contribution in [0.15, 0.2) is 24.3 Å². The zero-order valence-corrected chi connectivity index (χ0v) is 12.7. The second-order valence-corrected chi connectivity index (χ2v) is 5.80. The standard InChI is InChI=1S/C16H25N3O2/c1-2-18(16-5-3-4-14(16)12-17)11-10-13-6-8-15(9-7-13)19(20)21/h6-9,14,16H,2-5,10-12,17H2,1H3. The zero-order valence-electron chi connectivity index (χ0n) is 12.7. The molecule has 1 aromatic carbocycles. The number of hydrogen-bond donors (Lipinski definition) is 1. The van der Waals surface area contributed by atoms with Gasteiger partial charge in [0.1, 0.15) is 0 Å². The molecule has 5 nitrogen and oxygen atoms in total. The van der Waals surface area contributed by atoms with Crippen LogP contribution >= 0.6 is 0 Å². The fraction of sp³-hybridized carbons (Fsp3) is 0.625. The third kappa shape index (κ3) is 4.02. The molecule has 0 spiro atoms. The van der Waals surface area contributed by atoms with Crippen LogP contribution in [0.1, 0.15) is 31.7 Å². The maximum Gasteiger partial charge on any atom is 0.269 e. The summed E-state index contributed by atoms with van der Waals surface area (Å²) in [5.74, 6) is 0.627. The van der Waals surface area contributed by atoms with Crippen LogP contribution in [-0.2, 0) is 6.42 Å². The molecule has 116 valence electrons. The van der Waals surface area contributed by atoms with Gasteiger partial charge in [-0.1, -0.05) is 25.5 Å². The molecule has 0 heterocycles. The van der Waals surface area contributed by atoms with Crippen LogP contribution in [0.3, 0.4) is 0 Å². The van der Waals surface area contributed by atoms with Crippen molar-refractivity contribution in [3.8, 4) is 0 Å². The maximum absolute atomic E-state index is 10.7. The van der Waals surface area contributed by atoms with Gasteiger partial charge in [0.05, 0.1) is 4.92 Å². The van der Waals surface area contributed by atoms with Gasteiger partial charge in [-0.3, -0.25) is 10.1 Å². The number of benzene rings is 1. The first-order valence-electron chi connectivity index (χ1n) is 7.83. The lowest BCUT2D eigenvalue weighted by Gasteiger charge is -2.31. The molecule has 21 heavy (non-hydrogen) atoms. The molecule has 0 aliphatic heterocycles. The molecule has 1 aromatic rings. The molecule has 0 saturated heterocycles. The fourth-order valence-corrected chi connectivity index (χ4v) is 3.39. The Hall–Kier alpha value is -1.46. The fourth-order valence-electron chi connectivity index (χ4n) is 3.39. The monoisotopic (exact) mass is 291 g/mol. The summed E-state index contributed by atoms with van der Waals surface area (Å²) in [5, 5.41) is 10.7. The van der Waals surface area contributed by atoms with Gasteiger partial charge in [-0.2, -0.15) is 0 Å². The van der Waals surface area contributed by atoms with Crippen molar-refractivity contribution < 1.29 is 4.92 Å². The summed E-state index contributed by atoms with van der Waals surface area (Å²) in [4.78, 5) is 12.8. The summed E-state index contributed by atoms with van der Waals surface area (Å²) in [6.07, 6.45) is 4.70. The SMILES string of the molecule is CCN(CCc1ccc([N+](=O)[O-])cc1)C1CCCC1CN. The minimum Gasteiger partial charge on any atom is -0.330 e. The van der Waals surface area contributed by atoms with Crippen LogP contribution in [0, 0.1) is 16.0 Å². The number of rotatable bonds is 7. The van der Waals surface area contributed by atoms with Gasteiger partial charge in [-0.25, -0.2) is 0 Å². The van der Waals surface area contributed by atoms with E-state index in [-0.39, 0.29) is 10.6 Å². The Labute approximate surface area is 126 Å². The van der Waals surface area contributed by atoms with Gasteiger partial charge in [0.2, 0.25) is 0 Å². The quantitative estimate of drug-likeness (QED) is 0.619. The average molecular weight is 291 g/mol. The Morgan fingerprint density at radius 2 is 2.05 bits per heavy atom. The van der Waals surface area contributed by atoms with Crippen molar-refractivity contribution in [2.75, 3.05) is 19.6 Å². The van der Waals surface area contributed by atoms with Gasteiger partial charge >= 0.3 is 0 Å².